The average molecular weight is 287 g/mol. The van der Waals surface area contributed by atoms with Gasteiger partial charge in [0.2, 0.25) is 0 Å². The first kappa shape index (κ1) is 13.2. The second-order valence-electron chi connectivity index (χ2n) is 3.55. The molecule has 2 rings (SSSR count). The lowest BCUT2D eigenvalue weighted by molar-refractivity contribution is 0.178. The second kappa shape index (κ2) is 5.61. The van der Waals surface area contributed by atoms with Gasteiger partial charge in [-0.05, 0) is 18.2 Å². The number of rotatable bonds is 3. The number of methoxy groups -OCH3 is 1. The normalized spacial score (nSPS) is 10.7. The van der Waals surface area contributed by atoms with Crippen molar-refractivity contribution in [2.24, 2.45) is 0 Å². The molecule has 0 unspecified atom stereocenters. The van der Waals surface area contributed by atoms with Gasteiger partial charge in [0.1, 0.15) is 17.6 Å². The zero-order valence-electron chi connectivity index (χ0n) is 9.45. The summed E-state index contributed by atoms with van der Waals surface area (Å²) < 4.78 is 18.7. The summed E-state index contributed by atoms with van der Waals surface area (Å²) in [5, 5.41) is 0.565. The lowest BCUT2D eigenvalue weighted by Gasteiger charge is -2.06. The molecular weight excluding hydrogens is 278 g/mol. The van der Waals surface area contributed by atoms with E-state index in [0.717, 1.165) is 0 Å². The summed E-state index contributed by atoms with van der Waals surface area (Å²) >= 11 is 11.6. The Morgan fingerprint density at radius 1 is 1.22 bits per heavy atom. The predicted molar refractivity (Wildman–Crippen MR) is 68.2 cm³/mol. The number of hydrogen-bond acceptors (Lipinski definition) is 3. The van der Waals surface area contributed by atoms with E-state index in [1.54, 1.807) is 12.1 Å². The maximum Gasteiger partial charge on any atom is 0.156 e. The largest absolute Gasteiger partial charge is 0.377 e. The average Bonchev–Trinajstić information content (AvgIpc) is 2.28. The van der Waals surface area contributed by atoms with Crippen LogP contribution in [-0.4, -0.2) is 17.1 Å². The number of ether oxygens (including phenoxy) is 1. The quantitative estimate of drug-likeness (QED) is 0.807. The standard InChI is InChI=1S/C12H9Cl2FN2O/c1-18-6-12-16-10(5-11(14)17-12)8-3-2-7(13)4-9(8)15/h2-5H,6H2,1H3. The summed E-state index contributed by atoms with van der Waals surface area (Å²) in [7, 11) is 1.52. The predicted octanol–water partition coefficient (Wildman–Crippen LogP) is 3.74. The van der Waals surface area contributed by atoms with Crippen molar-refractivity contribution in [2.75, 3.05) is 7.11 Å². The molecule has 0 aliphatic heterocycles. The Labute approximate surface area is 114 Å². The molecule has 0 aliphatic rings. The lowest BCUT2D eigenvalue weighted by Crippen LogP contribution is -1.99. The third-order valence-corrected chi connectivity index (χ3v) is 2.65. The van der Waals surface area contributed by atoms with Crippen molar-refractivity contribution in [3.63, 3.8) is 0 Å². The molecule has 6 heteroatoms. The van der Waals surface area contributed by atoms with Gasteiger partial charge in [-0.2, -0.15) is 0 Å². The molecule has 0 saturated carbocycles. The maximum absolute atomic E-state index is 13.8. The highest BCUT2D eigenvalue weighted by atomic mass is 35.5. The minimum atomic E-state index is -0.458. The monoisotopic (exact) mass is 286 g/mol. The third-order valence-electron chi connectivity index (χ3n) is 2.22. The number of nitrogens with zero attached hydrogens (tertiary/aromatic N) is 2. The van der Waals surface area contributed by atoms with E-state index < -0.39 is 5.82 Å². The van der Waals surface area contributed by atoms with Crippen molar-refractivity contribution in [1.29, 1.82) is 0 Å². The van der Waals surface area contributed by atoms with E-state index in [1.807, 2.05) is 0 Å². The van der Waals surface area contributed by atoms with Gasteiger partial charge in [-0.15, -0.1) is 0 Å². The van der Waals surface area contributed by atoms with E-state index in [0.29, 0.717) is 22.1 Å². The Bertz CT molecular complexity index is 578. The number of benzene rings is 1. The zero-order valence-corrected chi connectivity index (χ0v) is 11.0. The van der Waals surface area contributed by atoms with Gasteiger partial charge in [0.15, 0.2) is 5.82 Å². The van der Waals surface area contributed by atoms with E-state index in [4.69, 9.17) is 27.9 Å². The number of halogens is 3. The fourth-order valence-electron chi connectivity index (χ4n) is 1.49. The molecule has 1 aromatic carbocycles. The zero-order chi connectivity index (χ0) is 13.1. The molecule has 2 aromatic rings. The van der Waals surface area contributed by atoms with Crippen LogP contribution < -0.4 is 0 Å². The molecular formula is C12H9Cl2FN2O. The smallest absolute Gasteiger partial charge is 0.156 e. The summed E-state index contributed by atoms with van der Waals surface area (Å²) in [6, 6.07) is 5.86. The van der Waals surface area contributed by atoms with Crippen LogP contribution in [0.2, 0.25) is 10.2 Å². The number of hydrogen-bond donors (Lipinski definition) is 0. The highest BCUT2D eigenvalue weighted by Gasteiger charge is 2.10. The van der Waals surface area contributed by atoms with Crippen LogP contribution in [0.1, 0.15) is 5.82 Å². The molecule has 0 spiro atoms. The molecule has 1 aromatic heterocycles. The van der Waals surface area contributed by atoms with Crippen molar-refractivity contribution in [1.82, 2.24) is 9.97 Å². The Balaban J connectivity index is 2.49. The Kier molecular flexibility index (Phi) is 4.11. The summed E-state index contributed by atoms with van der Waals surface area (Å²) in [6.45, 7) is 0.211. The van der Waals surface area contributed by atoms with Gasteiger partial charge in [-0.3, -0.25) is 0 Å². The van der Waals surface area contributed by atoms with E-state index in [2.05, 4.69) is 9.97 Å². The molecule has 94 valence electrons. The fraction of sp³-hybridized carbons (Fsp3) is 0.167. The van der Waals surface area contributed by atoms with E-state index in [-0.39, 0.29) is 11.8 Å². The van der Waals surface area contributed by atoms with Crippen molar-refractivity contribution in [3.05, 3.63) is 46.1 Å². The molecule has 0 saturated heterocycles. The Morgan fingerprint density at radius 3 is 2.67 bits per heavy atom. The summed E-state index contributed by atoms with van der Waals surface area (Å²) in [5.74, 6) is -0.0602. The highest BCUT2D eigenvalue weighted by Crippen LogP contribution is 2.25. The molecule has 0 fully saturated rings. The van der Waals surface area contributed by atoms with Crippen molar-refractivity contribution in [3.8, 4) is 11.3 Å². The summed E-state index contributed by atoms with van der Waals surface area (Å²) in [5.41, 5.74) is 0.720. The van der Waals surface area contributed by atoms with Gasteiger partial charge >= 0.3 is 0 Å². The van der Waals surface area contributed by atoms with Crippen molar-refractivity contribution >= 4 is 23.2 Å². The van der Waals surface area contributed by atoms with Gasteiger partial charge in [-0.25, -0.2) is 14.4 Å². The van der Waals surface area contributed by atoms with Crippen LogP contribution >= 0.6 is 23.2 Å². The van der Waals surface area contributed by atoms with Crippen molar-refractivity contribution < 1.29 is 9.13 Å². The van der Waals surface area contributed by atoms with Gasteiger partial charge in [0.25, 0.3) is 0 Å². The fourth-order valence-corrected chi connectivity index (χ4v) is 1.85. The topological polar surface area (TPSA) is 35.0 Å². The van der Waals surface area contributed by atoms with E-state index in [9.17, 15) is 4.39 Å². The molecule has 3 nitrogen and oxygen atoms in total. The first-order valence-electron chi connectivity index (χ1n) is 5.08. The molecule has 0 N–H and O–H groups in total. The SMILES string of the molecule is COCc1nc(Cl)cc(-c2ccc(Cl)cc2F)n1. The summed E-state index contributed by atoms with van der Waals surface area (Å²) in [6.07, 6.45) is 0. The van der Waals surface area contributed by atoms with Crippen LogP contribution in [0.5, 0.6) is 0 Å². The molecule has 1 heterocycles. The van der Waals surface area contributed by atoms with Crippen molar-refractivity contribution in [2.45, 2.75) is 6.61 Å². The van der Waals surface area contributed by atoms with Gasteiger partial charge in [0.05, 0.1) is 5.69 Å². The first-order valence-corrected chi connectivity index (χ1v) is 5.83. The van der Waals surface area contributed by atoms with Crippen LogP contribution in [0.25, 0.3) is 11.3 Å². The lowest BCUT2D eigenvalue weighted by atomic mass is 10.1. The minimum absolute atomic E-state index is 0.211. The maximum atomic E-state index is 13.8. The van der Waals surface area contributed by atoms with Crippen LogP contribution in [0.3, 0.4) is 0 Å². The first-order chi connectivity index (χ1) is 8.60. The van der Waals surface area contributed by atoms with Crippen LogP contribution in [0.15, 0.2) is 24.3 Å². The molecule has 0 amide bonds. The second-order valence-corrected chi connectivity index (χ2v) is 4.37. The van der Waals surface area contributed by atoms with Crippen LogP contribution in [-0.2, 0) is 11.3 Å². The van der Waals surface area contributed by atoms with Crippen LogP contribution in [0.4, 0.5) is 4.39 Å². The van der Waals surface area contributed by atoms with E-state index in [1.165, 1.54) is 19.2 Å². The summed E-state index contributed by atoms with van der Waals surface area (Å²) in [4.78, 5) is 8.16. The third kappa shape index (κ3) is 2.96. The highest BCUT2D eigenvalue weighted by molar-refractivity contribution is 6.30. The van der Waals surface area contributed by atoms with E-state index >= 15 is 0 Å². The number of aromatic nitrogens is 2. The van der Waals surface area contributed by atoms with Gasteiger partial charge in [0, 0.05) is 23.8 Å². The Morgan fingerprint density at radius 2 is 2.00 bits per heavy atom. The Hall–Kier alpha value is -1.23. The molecule has 0 radical (unpaired) electrons. The molecule has 18 heavy (non-hydrogen) atoms. The minimum Gasteiger partial charge on any atom is -0.377 e. The van der Waals surface area contributed by atoms with Crippen LogP contribution in [0, 0.1) is 5.82 Å². The molecule has 0 bridgehead atoms. The van der Waals surface area contributed by atoms with Gasteiger partial charge in [-0.1, -0.05) is 23.2 Å². The molecule has 0 atom stereocenters. The van der Waals surface area contributed by atoms with Gasteiger partial charge < -0.3 is 4.74 Å². The molecule has 0 aliphatic carbocycles.